The summed E-state index contributed by atoms with van der Waals surface area (Å²) in [6.45, 7) is 2.58. The molecule has 0 aliphatic carbocycles. The first-order chi connectivity index (χ1) is 13.9. The smallest absolute Gasteiger partial charge is 0.254 e. The minimum absolute atomic E-state index is 0.0839. The first-order valence-electron chi connectivity index (χ1n) is 9.09. The van der Waals surface area contributed by atoms with E-state index in [4.69, 9.17) is 9.47 Å². The molecule has 156 valence electrons. The van der Waals surface area contributed by atoms with Crippen molar-refractivity contribution in [3.8, 4) is 5.75 Å². The molecule has 0 radical (unpaired) electrons. The van der Waals surface area contributed by atoms with E-state index in [-0.39, 0.29) is 12.6 Å². The van der Waals surface area contributed by atoms with Crippen LogP contribution < -0.4 is 15.0 Å². The lowest BCUT2D eigenvalue weighted by Gasteiger charge is -2.32. The van der Waals surface area contributed by atoms with E-state index in [1.165, 1.54) is 0 Å². The Balaban J connectivity index is 1.80. The second-order valence-electron chi connectivity index (χ2n) is 6.65. The van der Waals surface area contributed by atoms with Gasteiger partial charge in [0.2, 0.25) is 0 Å². The van der Waals surface area contributed by atoms with Gasteiger partial charge in [0.1, 0.15) is 24.9 Å². The van der Waals surface area contributed by atoms with Crippen LogP contribution in [-0.2, 0) is 4.74 Å². The molecule has 1 aliphatic heterocycles. The van der Waals surface area contributed by atoms with Crippen LogP contribution in [0.5, 0.6) is 5.75 Å². The van der Waals surface area contributed by atoms with Gasteiger partial charge in [0, 0.05) is 5.56 Å². The maximum Gasteiger partial charge on any atom is 0.254 e. The van der Waals surface area contributed by atoms with Crippen LogP contribution >= 0.6 is 0 Å². The Morgan fingerprint density at radius 1 is 1.10 bits per heavy atom. The molecule has 9 heteroatoms. The number of carbonyl (C=O) groups excluding carboxylic acids is 1. The highest BCUT2D eigenvalue weighted by Crippen LogP contribution is 2.19. The third-order valence-electron chi connectivity index (χ3n) is 4.96. The van der Waals surface area contributed by atoms with Crippen molar-refractivity contribution in [3.05, 3.63) is 64.7 Å². The van der Waals surface area contributed by atoms with E-state index < -0.39 is 34.7 Å². The first-order valence-corrected chi connectivity index (χ1v) is 9.09. The second-order valence-corrected chi connectivity index (χ2v) is 6.65. The van der Waals surface area contributed by atoms with Crippen LogP contribution in [0.4, 0.5) is 17.6 Å². The van der Waals surface area contributed by atoms with Crippen LogP contribution in [0.3, 0.4) is 0 Å². The molecule has 0 saturated carbocycles. The normalized spacial score (nSPS) is 15.8. The van der Waals surface area contributed by atoms with Gasteiger partial charge in [-0.25, -0.2) is 17.6 Å². The molecule has 2 N–H and O–H groups in total. The average Bonchev–Trinajstić information content (AvgIpc) is 2.76. The van der Waals surface area contributed by atoms with E-state index in [9.17, 15) is 22.4 Å². The molecular formula is C20H21F4N2O3+. The molecule has 1 aliphatic rings. The number of benzene rings is 2. The number of ether oxygens (including phenoxy) is 2. The average molecular weight is 413 g/mol. The highest BCUT2D eigenvalue weighted by atomic mass is 19.2. The summed E-state index contributed by atoms with van der Waals surface area (Å²) >= 11 is 0. The third kappa shape index (κ3) is 4.68. The summed E-state index contributed by atoms with van der Waals surface area (Å²) in [5, 5.41) is 2.51. The Labute approximate surface area is 165 Å². The van der Waals surface area contributed by atoms with Crippen LogP contribution in [0, 0.1) is 23.3 Å². The molecule has 0 unspecified atom stereocenters. The molecule has 1 atom stereocenters. The largest absolute Gasteiger partial charge is 0.497 e. The molecule has 29 heavy (non-hydrogen) atoms. The molecule has 0 spiro atoms. The summed E-state index contributed by atoms with van der Waals surface area (Å²) in [6.07, 6.45) is 0. The minimum Gasteiger partial charge on any atom is -0.497 e. The number of hydrogen-bond donors (Lipinski definition) is 2. The molecule has 3 rings (SSSR count). The van der Waals surface area contributed by atoms with Crippen molar-refractivity contribution < 1.29 is 36.7 Å². The number of quaternary nitrogens is 1. The SMILES string of the molecule is COc1ccc([C@H](CNC(=O)c2cc(F)c(F)c(F)c2F)[NH+]2CCOCC2)cc1. The maximum absolute atomic E-state index is 13.9. The molecule has 0 aromatic heterocycles. The molecule has 1 fully saturated rings. The number of nitrogens with one attached hydrogen (secondary N) is 2. The van der Waals surface area contributed by atoms with Gasteiger partial charge in [0.05, 0.1) is 32.4 Å². The van der Waals surface area contributed by atoms with Crippen molar-refractivity contribution in [3.63, 3.8) is 0 Å². The zero-order valence-corrected chi connectivity index (χ0v) is 15.7. The van der Waals surface area contributed by atoms with Gasteiger partial charge >= 0.3 is 0 Å². The number of rotatable bonds is 6. The summed E-state index contributed by atoms with van der Waals surface area (Å²) in [6, 6.07) is 7.44. The van der Waals surface area contributed by atoms with Gasteiger partial charge in [-0.2, -0.15) is 0 Å². The summed E-state index contributed by atoms with van der Waals surface area (Å²) < 4.78 is 64.4. The van der Waals surface area contributed by atoms with E-state index in [1.807, 2.05) is 12.1 Å². The Morgan fingerprint density at radius 3 is 2.38 bits per heavy atom. The van der Waals surface area contributed by atoms with Crippen molar-refractivity contribution in [1.82, 2.24) is 5.32 Å². The fourth-order valence-corrected chi connectivity index (χ4v) is 3.34. The van der Waals surface area contributed by atoms with Crippen LogP contribution in [0.25, 0.3) is 0 Å². The summed E-state index contributed by atoms with van der Waals surface area (Å²) in [4.78, 5) is 13.5. The quantitative estimate of drug-likeness (QED) is 0.430. The number of hydrogen-bond acceptors (Lipinski definition) is 3. The fraction of sp³-hybridized carbons (Fsp3) is 0.350. The van der Waals surface area contributed by atoms with Crippen LogP contribution in [0.15, 0.2) is 30.3 Å². The van der Waals surface area contributed by atoms with Crippen LogP contribution in [0.1, 0.15) is 22.0 Å². The van der Waals surface area contributed by atoms with E-state index in [0.29, 0.717) is 38.1 Å². The zero-order chi connectivity index (χ0) is 21.0. The topological polar surface area (TPSA) is 52.0 Å². The highest BCUT2D eigenvalue weighted by molar-refractivity contribution is 5.94. The van der Waals surface area contributed by atoms with Crippen molar-refractivity contribution in [1.29, 1.82) is 0 Å². The maximum atomic E-state index is 13.9. The Bertz CT molecular complexity index is 871. The van der Waals surface area contributed by atoms with Gasteiger partial charge in [-0.05, 0) is 30.3 Å². The first kappa shape index (κ1) is 21.1. The van der Waals surface area contributed by atoms with Gasteiger partial charge in [-0.3, -0.25) is 4.79 Å². The van der Waals surface area contributed by atoms with Gasteiger partial charge in [0.15, 0.2) is 23.3 Å². The molecule has 1 saturated heterocycles. The summed E-state index contributed by atoms with van der Waals surface area (Å²) in [5.41, 5.74) is 0.0202. The van der Waals surface area contributed by atoms with Crippen molar-refractivity contribution in [2.24, 2.45) is 0 Å². The van der Waals surface area contributed by atoms with Gasteiger partial charge in [-0.1, -0.05) is 0 Å². The molecule has 2 aromatic carbocycles. The molecule has 5 nitrogen and oxygen atoms in total. The van der Waals surface area contributed by atoms with E-state index >= 15 is 0 Å². The number of carbonyl (C=O) groups is 1. The Hall–Kier alpha value is -2.65. The van der Waals surface area contributed by atoms with E-state index in [0.717, 1.165) is 10.5 Å². The second kappa shape index (κ2) is 9.23. The summed E-state index contributed by atoms with van der Waals surface area (Å²) in [5.74, 6) is -7.66. The van der Waals surface area contributed by atoms with Crippen molar-refractivity contribution >= 4 is 5.91 Å². The van der Waals surface area contributed by atoms with Gasteiger partial charge in [0.25, 0.3) is 5.91 Å². The van der Waals surface area contributed by atoms with Crippen LogP contribution in [-0.4, -0.2) is 45.9 Å². The number of amides is 1. The number of halogens is 4. The Kier molecular flexibility index (Phi) is 6.71. The van der Waals surface area contributed by atoms with Gasteiger partial charge in [-0.15, -0.1) is 0 Å². The van der Waals surface area contributed by atoms with E-state index in [2.05, 4.69) is 5.32 Å². The Morgan fingerprint density at radius 2 is 1.76 bits per heavy atom. The van der Waals surface area contributed by atoms with Gasteiger partial charge < -0.3 is 19.7 Å². The molecular weight excluding hydrogens is 392 g/mol. The third-order valence-corrected chi connectivity index (χ3v) is 4.96. The monoisotopic (exact) mass is 413 g/mol. The minimum atomic E-state index is -2.01. The highest BCUT2D eigenvalue weighted by Gasteiger charge is 2.28. The van der Waals surface area contributed by atoms with Crippen molar-refractivity contribution in [2.45, 2.75) is 6.04 Å². The van der Waals surface area contributed by atoms with Crippen LogP contribution in [0.2, 0.25) is 0 Å². The lowest BCUT2D eigenvalue weighted by atomic mass is 10.0. The predicted molar refractivity (Wildman–Crippen MR) is 95.9 cm³/mol. The lowest BCUT2D eigenvalue weighted by molar-refractivity contribution is -0.937. The summed E-state index contributed by atoms with van der Waals surface area (Å²) in [7, 11) is 1.55. The number of methoxy groups -OCH3 is 1. The standard InChI is InChI=1S/C20H20F4N2O3/c1-28-13-4-2-12(3-5-13)16(26-6-8-29-9-7-26)11-25-20(27)14-10-15(21)18(23)19(24)17(14)22/h2-5,10,16H,6-9,11H2,1H3,(H,25,27)/p+1/t16-/m0/s1. The van der Waals surface area contributed by atoms with Crippen molar-refractivity contribution in [2.75, 3.05) is 40.0 Å². The number of morpholine rings is 1. The predicted octanol–water partition coefficient (Wildman–Crippen LogP) is 1.64. The lowest BCUT2D eigenvalue weighted by Crippen LogP contribution is -3.15. The zero-order valence-electron chi connectivity index (χ0n) is 15.7. The van der Waals surface area contributed by atoms with E-state index in [1.54, 1.807) is 19.2 Å². The molecule has 1 heterocycles. The molecule has 0 bridgehead atoms. The molecule has 2 aromatic rings. The molecule has 1 amide bonds. The fourth-order valence-electron chi connectivity index (χ4n) is 3.34.